The molecule has 0 bridgehead atoms. The van der Waals surface area contributed by atoms with Gasteiger partial charge >= 0.3 is 0 Å². The van der Waals surface area contributed by atoms with Gasteiger partial charge in [-0.05, 0) is 43.9 Å². The number of aryl methyl sites for hydroxylation is 1. The van der Waals surface area contributed by atoms with Crippen molar-refractivity contribution in [2.75, 3.05) is 23.7 Å². The van der Waals surface area contributed by atoms with Gasteiger partial charge in [0, 0.05) is 13.1 Å². The summed E-state index contributed by atoms with van der Waals surface area (Å²) < 4.78 is 25.6. The Kier molecular flexibility index (Phi) is 5.11. The molecule has 1 saturated heterocycles. The van der Waals surface area contributed by atoms with Gasteiger partial charge in [-0.3, -0.25) is 9.10 Å². The minimum Gasteiger partial charge on any atom is -0.341 e. The highest BCUT2D eigenvalue weighted by atomic mass is 32.2. The van der Waals surface area contributed by atoms with Crippen molar-refractivity contribution >= 4 is 21.6 Å². The lowest BCUT2D eigenvalue weighted by molar-refractivity contribution is -0.130. The van der Waals surface area contributed by atoms with Gasteiger partial charge in [-0.25, -0.2) is 8.42 Å². The fourth-order valence-electron chi connectivity index (χ4n) is 2.88. The minimum atomic E-state index is -3.53. The standard InChI is InChI=1S/C16H24N2O3S/c1-4-14-7-9-15(10-8-14)18(22(3,20)21)13(2)16(19)17-11-5-6-12-17/h7-10,13H,4-6,11-12H2,1-3H3/t13-/m0/s1. The summed E-state index contributed by atoms with van der Waals surface area (Å²) in [4.78, 5) is 14.3. The van der Waals surface area contributed by atoms with Crippen molar-refractivity contribution in [3.63, 3.8) is 0 Å². The molecule has 1 atom stereocenters. The van der Waals surface area contributed by atoms with Crippen LogP contribution < -0.4 is 4.31 Å². The van der Waals surface area contributed by atoms with E-state index >= 15 is 0 Å². The first kappa shape index (κ1) is 16.8. The molecule has 0 aliphatic carbocycles. The van der Waals surface area contributed by atoms with Crippen molar-refractivity contribution < 1.29 is 13.2 Å². The first-order valence-electron chi connectivity index (χ1n) is 7.71. The summed E-state index contributed by atoms with van der Waals surface area (Å²) >= 11 is 0. The third kappa shape index (κ3) is 3.61. The van der Waals surface area contributed by atoms with Crippen LogP contribution in [0.4, 0.5) is 5.69 Å². The Labute approximate surface area is 133 Å². The predicted octanol–water partition coefficient (Wildman–Crippen LogP) is 2.03. The van der Waals surface area contributed by atoms with Gasteiger partial charge in [0.2, 0.25) is 15.9 Å². The van der Waals surface area contributed by atoms with Crippen LogP contribution in [0.3, 0.4) is 0 Å². The topological polar surface area (TPSA) is 57.7 Å². The molecule has 1 aliphatic rings. The van der Waals surface area contributed by atoms with E-state index in [0.29, 0.717) is 5.69 Å². The van der Waals surface area contributed by atoms with E-state index < -0.39 is 16.1 Å². The van der Waals surface area contributed by atoms with Crippen LogP contribution in [0.5, 0.6) is 0 Å². The number of hydrogen-bond acceptors (Lipinski definition) is 3. The van der Waals surface area contributed by atoms with Crippen molar-refractivity contribution in [1.29, 1.82) is 0 Å². The van der Waals surface area contributed by atoms with Crippen molar-refractivity contribution in [1.82, 2.24) is 4.90 Å². The monoisotopic (exact) mass is 324 g/mol. The summed E-state index contributed by atoms with van der Waals surface area (Å²) in [5.74, 6) is -0.123. The fourth-order valence-corrected chi connectivity index (χ4v) is 4.05. The zero-order valence-corrected chi connectivity index (χ0v) is 14.3. The van der Waals surface area contributed by atoms with Crippen molar-refractivity contribution in [2.45, 2.75) is 39.2 Å². The van der Waals surface area contributed by atoms with E-state index in [1.165, 1.54) is 4.31 Å². The predicted molar refractivity (Wildman–Crippen MR) is 88.4 cm³/mol. The normalized spacial score (nSPS) is 16.6. The molecule has 1 aliphatic heterocycles. The van der Waals surface area contributed by atoms with Crippen LogP contribution in [0.25, 0.3) is 0 Å². The van der Waals surface area contributed by atoms with Crippen molar-refractivity contribution in [3.8, 4) is 0 Å². The van der Waals surface area contributed by atoms with Crippen LogP contribution in [0, 0.1) is 0 Å². The second-order valence-electron chi connectivity index (χ2n) is 5.79. The first-order chi connectivity index (χ1) is 10.3. The average molecular weight is 324 g/mol. The Morgan fingerprint density at radius 3 is 2.23 bits per heavy atom. The Balaban J connectivity index is 2.30. The summed E-state index contributed by atoms with van der Waals surface area (Å²) in [5.41, 5.74) is 1.68. The van der Waals surface area contributed by atoms with Crippen LogP contribution in [0.2, 0.25) is 0 Å². The highest BCUT2D eigenvalue weighted by molar-refractivity contribution is 7.92. The molecule has 1 aromatic carbocycles. The van der Waals surface area contributed by atoms with Crippen LogP contribution in [0.15, 0.2) is 24.3 Å². The van der Waals surface area contributed by atoms with Gasteiger partial charge in [0.05, 0.1) is 11.9 Å². The molecule has 6 heteroatoms. The molecule has 122 valence electrons. The Bertz CT molecular complexity index is 619. The molecule has 1 aromatic rings. The molecule has 1 amide bonds. The molecule has 0 N–H and O–H groups in total. The number of hydrogen-bond donors (Lipinski definition) is 0. The number of carbonyl (C=O) groups is 1. The summed E-state index contributed by atoms with van der Waals surface area (Å²) in [6, 6.07) is 6.63. The highest BCUT2D eigenvalue weighted by Crippen LogP contribution is 2.23. The number of benzene rings is 1. The number of rotatable bonds is 5. The van der Waals surface area contributed by atoms with Gasteiger partial charge in [0.1, 0.15) is 6.04 Å². The second kappa shape index (κ2) is 6.69. The zero-order chi connectivity index (χ0) is 16.3. The molecule has 22 heavy (non-hydrogen) atoms. The second-order valence-corrected chi connectivity index (χ2v) is 7.65. The zero-order valence-electron chi connectivity index (χ0n) is 13.4. The van der Waals surface area contributed by atoms with E-state index in [0.717, 1.165) is 44.2 Å². The van der Waals surface area contributed by atoms with Gasteiger partial charge in [0.15, 0.2) is 0 Å². The molecular formula is C16H24N2O3S. The number of likely N-dealkylation sites (tertiary alicyclic amines) is 1. The molecule has 0 unspecified atom stereocenters. The van der Waals surface area contributed by atoms with Crippen molar-refractivity contribution in [2.24, 2.45) is 0 Å². The maximum Gasteiger partial charge on any atom is 0.246 e. The number of nitrogens with zero attached hydrogens (tertiary/aromatic N) is 2. The fraction of sp³-hybridized carbons (Fsp3) is 0.562. The van der Waals surface area contributed by atoms with Gasteiger partial charge in [-0.2, -0.15) is 0 Å². The Morgan fingerprint density at radius 2 is 1.77 bits per heavy atom. The molecule has 0 aromatic heterocycles. The maximum absolute atomic E-state index is 12.5. The average Bonchev–Trinajstić information content (AvgIpc) is 3.00. The number of amides is 1. The SMILES string of the molecule is CCc1ccc(N([C@@H](C)C(=O)N2CCCC2)S(C)(=O)=O)cc1. The summed E-state index contributed by atoms with van der Waals surface area (Å²) in [5, 5.41) is 0. The smallest absolute Gasteiger partial charge is 0.246 e. The summed E-state index contributed by atoms with van der Waals surface area (Å²) in [6.07, 6.45) is 4.01. The lowest BCUT2D eigenvalue weighted by Gasteiger charge is -2.31. The van der Waals surface area contributed by atoms with Crippen LogP contribution in [-0.2, 0) is 21.2 Å². The lowest BCUT2D eigenvalue weighted by atomic mass is 10.1. The van der Waals surface area contributed by atoms with E-state index in [2.05, 4.69) is 0 Å². The van der Waals surface area contributed by atoms with Crippen molar-refractivity contribution in [3.05, 3.63) is 29.8 Å². The van der Waals surface area contributed by atoms with Gasteiger partial charge in [-0.15, -0.1) is 0 Å². The molecule has 1 fully saturated rings. The number of sulfonamides is 1. The molecule has 1 heterocycles. The molecule has 2 rings (SSSR count). The summed E-state index contributed by atoms with van der Waals surface area (Å²) in [6.45, 7) is 5.14. The Morgan fingerprint density at radius 1 is 1.23 bits per heavy atom. The quantitative estimate of drug-likeness (QED) is 0.833. The number of carbonyl (C=O) groups excluding carboxylic acids is 1. The third-order valence-corrected chi connectivity index (χ3v) is 5.32. The maximum atomic E-state index is 12.5. The van der Waals surface area contributed by atoms with E-state index in [1.807, 2.05) is 19.1 Å². The van der Waals surface area contributed by atoms with E-state index in [1.54, 1.807) is 24.0 Å². The Hall–Kier alpha value is -1.56. The lowest BCUT2D eigenvalue weighted by Crippen LogP contribution is -2.48. The molecule has 0 saturated carbocycles. The molecular weight excluding hydrogens is 300 g/mol. The van der Waals surface area contributed by atoms with E-state index in [-0.39, 0.29) is 5.91 Å². The highest BCUT2D eigenvalue weighted by Gasteiger charge is 2.32. The molecule has 5 nitrogen and oxygen atoms in total. The van der Waals surface area contributed by atoms with E-state index in [9.17, 15) is 13.2 Å². The van der Waals surface area contributed by atoms with Gasteiger partial charge < -0.3 is 4.90 Å². The van der Waals surface area contributed by atoms with E-state index in [4.69, 9.17) is 0 Å². The van der Waals surface area contributed by atoms with Crippen LogP contribution in [0.1, 0.15) is 32.3 Å². The molecule has 0 spiro atoms. The summed E-state index contributed by atoms with van der Waals surface area (Å²) in [7, 11) is -3.53. The third-order valence-electron chi connectivity index (χ3n) is 4.08. The minimum absolute atomic E-state index is 0.123. The van der Waals surface area contributed by atoms with Crippen LogP contribution in [-0.4, -0.2) is 44.6 Å². The van der Waals surface area contributed by atoms with Crippen LogP contribution >= 0.6 is 0 Å². The largest absolute Gasteiger partial charge is 0.341 e. The van der Waals surface area contributed by atoms with Gasteiger partial charge in [0.25, 0.3) is 0 Å². The van der Waals surface area contributed by atoms with Gasteiger partial charge in [-0.1, -0.05) is 19.1 Å². The first-order valence-corrected chi connectivity index (χ1v) is 9.56. The molecule has 0 radical (unpaired) electrons. The number of anilines is 1.